The molecule has 2 heteroatoms. The molecule has 0 N–H and O–H groups in total. The molecule has 0 saturated heterocycles. The van der Waals surface area contributed by atoms with E-state index < -0.39 is 5.97 Å². The molecule has 0 saturated carbocycles. The summed E-state index contributed by atoms with van der Waals surface area (Å²) in [5, 5.41) is 10.4. The Labute approximate surface area is 101 Å². The van der Waals surface area contributed by atoms with Crippen LogP contribution in [0.4, 0.5) is 0 Å². The van der Waals surface area contributed by atoms with Gasteiger partial charge in [-0.05, 0) is 23.1 Å². The highest BCUT2D eigenvalue weighted by Gasteiger charge is 1.97. The summed E-state index contributed by atoms with van der Waals surface area (Å²) in [4.78, 5) is 10.4. The molecular weight excluding hydrogens is 212 g/mol. The Morgan fingerprint density at radius 1 is 0.824 bits per heavy atom. The zero-order valence-electron chi connectivity index (χ0n) is 9.43. The molecule has 0 spiro atoms. The fraction of sp³-hybridized carbons (Fsp3) is 0.133. The Morgan fingerprint density at radius 2 is 1.35 bits per heavy atom. The van der Waals surface area contributed by atoms with E-state index in [1.165, 1.54) is 11.1 Å². The minimum absolute atomic E-state index is 0.0222. The average molecular weight is 225 g/mol. The SMILES string of the molecule is O=C([O-])Cc1ccc(Cc2ccccc2)cc1. The van der Waals surface area contributed by atoms with Gasteiger partial charge in [0.2, 0.25) is 0 Å². The summed E-state index contributed by atoms with van der Waals surface area (Å²) in [6, 6.07) is 17.8. The summed E-state index contributed by atoms with van der Waals surface area (Å²) in [5.74, 6) is -1.04. The number of carbonyl (C=O) groups excluding carboxylic acids is 1. The number of carbonyl (C=O) groups is 1. The molecule has 0 atom stereocenters. The quantitative estimate of drug-likeness (QED) is 0.792. The van der Waals surface area contributed by atoms with Gasteiger partial charge in [-0.15, -0.1) is 0 Å². The summed E-state index contributed by atoms with van der Waals surface area (Å²) in [7, 11) is 0. The summed E-state index contributed by atoms with van der Waals surface area (Å²) in [6.07, 6.45) is 0.845. The largest absolute Gasteiger partial charge is 0.550 e. The number of aliphatic carboxylic acids is 1. The number of benzene rings is 2. The van der Waals surface area contributed by atoms with E-state index in [1.807, 2.05) is 42.5 Å². The maximum Gasteiger partial charge on any atom is 0.0458 e. The highest BCUT2D eigenvalue weighted by molar-refractivity contribution is 5.67. The zero-order valence-corrected chi connectivity index (χ0v) is 9.43. The van der Waals surface area contributed by atoms with Gasteiger partial charge in [0.05, 0.1) is 0 Å². The van der Waals surface area contributed by atoms with Crippen LogP contribution in [0.25, 0.3) is 0 Å². The van der Waals surface area contributed by atoms with Crippen LogP contribution in [0, 0.1) is 0 Å². The number of hydrogen-bond acceptors (Lipinski definition) is 2. The van der Waals surface area contributed by atoms with Crippen LogP contribution < -0.4 is 5.11 Å². The topological polar surface area (TPSA) is 40.1 Å². The van der Waals surface area contributed by atoms with Crippen LogP contribution in [0.3, 0.4) is 0 Å². The fourth-order valence-electron chi connectivity index (χ4n) is 1.77. The van der Waals surface area contributed by atoms with Gasteiger partial charge in [-0.1, -0.05) is 54.6 Å². The van der Waals surface area contributed by atoms with Gasteiger partial charge in [0, 0.05) is 12.4 Å². The van der Waals surface area contributed by atoms with Crippen molar-refractivity contribution in [2.45, 2.75) is 12.8 Å². The standard InChI is InChI=1S/C15H14O2/c16-15(17)11-14-8-6-13(7-9-14)10-12-4-2-1-3-5-12/h1-9H,10-11H2,(H,16,17)/p-1. The highest BCUT2D eigenvalue weighted by Crippen LogP contribution is 2.10. The molecule has 0 fully saturated rings. The third kappa shape index (κ3) is 3.45. The smallest absolute Gasteiger partial charge is 0.0458 e. The van der Waals surface area contributed by atoms with Crippen LogP contribution in [-0.4, -0.2) is 5.97 Å². The normalized spacial score (nSPS) is 10.1. The van der Waals surface area contributed by atoms with Gasteiger partial charge in [0.15, 0.2) is 0 Å². The van der Waals surface area contributed by atoms with E-state index in [0.717, 1.165) is 12.0 Å². The van der Waals surface area contributed by atoms with Gasteiger partial charge >= 0.3 is 0 Å². The van der Waals surface area contributed by atoms with E-state index in [-0.39, 0.29) is 6.42 Å². The Morgan fingerprint density at radius 3 is 1.94 bits per heavy atom. The average Bonchev–Trinajstić information content (AvgIpc) is 2.32. The number of carboxylic acids is 1. The lowest BCUT2D eigenvalue weighted by Crippen LogP contribution is -2.24. The van der Waals surface area contributed by atoms with Gasteiger partial charge in [-0.3, -0.25) is 0 Å². The van der Waals surface area contributed by atoms with Gasteiger partial charge < -0.3 is 9.90 Å². The molecular formula is C15H13O2-. The van der Waals surface area contributed by atoms with Crippen molar-refractivity contribution >= 4 is 5.97 Å². The number of rotatable bonds is 4. The second-order valence-corrected chi connectivity index (χ2v) is 4.03. The van der Waals surface area contributed by atoms with Crippen LogP contribution in [0.15, 0.2) is 54.6 Å². The van der Waals surface area contributed by atoms with E-state index in [1.54, 1.807) is 0 Å². The molecule has 0 amide bonds. The van der Waals surface area contributed by atoms with Crippen molar-refractivity contribution in [2.24, 2.45) is 0 Å². The molecule has 2 nitrogen and oxygen atoms in total. The van der Waals surface area contributed by atoms with E-state index in [4.69, 9.17) is 0 Å². The first-order chi connectivity index (χ1) is 8.24. The zero-order chi connectivity index (χ0) is 12.1. The Bertz CT molecular complexity index is 486. The lowest BCUT2D eigenvalue weighted by Gasteiger charge is -2.05. The fourth-order valence-corrected chi connectivity index (χ4v) is 1.77. The van der Waals surface area contributed by atoms with Crippen molar-refractivity contribution < 1.29 is 9.90 Å². The van der Waals surface area contributed by atoms with Crippen molar-refractivity contribution in [3.8, 4) is 0 Å². The van der Waals surface area contributed by atoms with Crippen LogP contribution in [-0.2, 0) is 17.6 Å². The minimum Gasteiger partial charge on any atom is -0.550 e. The van der Waals surface area contributed by atoms with Gasteiger partial charge in [0.1, 0.15) is 0 Å². The Hall–Kier alpha value is -2.09. The van der Waals surface area contributed by atoms with Crippen molar-refractivity contribution in [3.05, 3.63) is 71.3 Å². The molecule has 2 aromatic carbocycles. The number of carboxylic acid groups (broad SMARTS) is 1. The van der Waals surface area contributed by atoms with Crippen molar-refractivity contribution in [1.29, 1.82) is 0 Å². The molecule has 0 bridgehead atoms. The molecule has 2 aromatic rings. The molecule has 0 aliphatic heterocycles. The van der Waals surface area contributed by atoms with Gasteiger partial charge in [-0.25, -0.2) is 0 Å². The first-order valence-electron chi connectivity index (χ1n) is 5.55. The van der Waals surface area contributed by atoms with Crippen LogP contribution in [0.5, 0.6) is 0 Å². The molecule has 0 aromatic heterocycles. The Balaban J connectivity index is 2.06. The van der Waals surface area contributed by atoms with Crippen molar-refractivity contribution in [1.82, 2.24) is 0 Å². The predicted molar refractivity (Wildman–Crippen MR) is 64.4 cm³/mol. The first kappa shape index (κ1) is 11.4. The lowest BCUT2D eigenvalue weighted by atomic mass is 10.0. The van der Waals surface area contributed by atoms with Gasteiger partial charge in [0.25, 0.3) is 0 Å². The van der Waals surface area contributed by atoms with Crippen molar-refractivity contribution in [3.63, 3.8) is 0 Å². The first-order valence-corrected chi connectivity index (χ1v) is 5.55. The minimum atomic E-state index is -1.04. The van der Waals surface area contributed by atoms with Gasteiger partial charge in [-0.2, -0.15) is 0 Å². The molecule has 17 heavy (non-hydrogen) atoms. The summed E-state index contributed by atoms with van der Waals surface area (Å²) < 4.78 is 0. The van der Waals surface area contributed by atoms with Crippen LogP contribution >= 0.6 is 0 Å². The molecule has 0 radical (unpaired) electrons. The third-order valence-corrected chi connectivity index (χ3v) is 2.62. The summed E-state index contributed by atoms with van der Waals surface area (Å²) >= 11 is 0. The van der Waals surface area contributed by atoms with Crippen LogP contribution in [0.2, 0.25) is 0 Å². The van der Waals surface area contributed by atoms with E-state index in [9.17, 15) is 9.90 Å². The predicted octanol–water partition coefficient (Wildman–Crippen LogP) is 1.57. The summed E-state index contributed by atoms with van der Waals surface area (Å²) in [5.41, 5.74) is 3.21. The molecule has 0 aliphatic carbocycles. The maximum atomic E-state index is 10.4. The van der Waals surface area contributed by atoms with E-state index >= 15 is 0 Å². The second kappa shape index (κ2) is 5.30. The highest BCUT2D eigenvalue weighted by atomic mass is 16.4. The van der Waals surface area contributed by atoms with Crippen LogP contribution in [0.1, 0.15) is 16.7 Å². The maximum absolute atomic E-state index is 10.4. The third-order valence-electron chi connectivity index (χ3n) is 2.62. The van der Waals surface area contributed by atoms with E-state index in [2.05, 4.69) is 12.1 Å². The molecule has 2 rings (SSSR count). The second-order valence-electron chi connectivity index (χ2n) is 4.03. The lowest BCUT2D eigenvalue weighted by molar-refractivity contribution is -0.304. The Kier molecular flexibility index (Phi) is 3.55. The summed E-state index contributed by atoms with van der Waals surface area (Å²) in [6.45, 7) is 0. The monoisotopic (exact) mass is 225 g/mol. The molecule has 0 aliphatic rings. The van der Waals surface area contributed by atoms with E-state index in [0.29, 0.717) is 0 Å². The van der Waals surface area contributed by atoms with Crippen molar-refractivity contribution in [2.75, 3.05) is 0 Å². The molecule has 86 valence electrons. The molecule has 0 unspecified atom stereocenters. The molecule has 0 heterocycles. The number of hydrogen-bond donors (Lipinski definition) is 0.